The third kappa shape index (κ3) is 4.13. The van der Waals surface area contributed by atoms with Crippen molar-refractivity contribution in [3.63, 3.8) is 0 Å². The monoisotopic (exact) mass is 295 g/mol. The highest BCUT2D eigenvalue weighted by Gasteiger charge is 2.19. The topological polar surface area (TPSA) is 79.1 Å². The van der Waals surface area contributed by atoms with Crippen LogP contribution in [0.4, 0.5) is 5.69 Å². The van der Waals surface area contributed by atoms with Crippen LogP contribution in [0.2, 0.25) is 0 Å². The molecule has 0 spiro atoms. The molecule has 1 N–H and O–H groups in total. The smallest absolute Gasteiger partial charge is 0.311 e. The molecule has 7 nitrogen and oxygen atoms in total. The summed E-state index contributed by atoms with van der Waals surface area (Å²) in [6.45, 7) is 5.22. The average Bonchev–Trinajstić information content (AvgIpc) is 2.49. The van der Waals surface area contributed by atoms with Crippen molar-refractivity contribution in [2.75, 3.05) is 46.4 Å². The van der Waals surface area contributed by atoms with Crippen LogP contribution in [0, 0.1) is 10.1 Å². The highest BCUT2D eigenvalue weighted by molar-refractivity contribution is 5.48. The predicted molar refractivity (Wildman–Crippen MR) is 78.5 cm³/mol. The van der Waals surface area contributed by atoms with Crippen LogP contribution in [0.5, 0.6) is 5.75 Å². The third-order valence-corrected chi connectivity index (χ3v) is 3.73. The second-order valence-electron chi connectivity index (χ2n) is 5.10. The lowest BCUT2D eigenvalue weighted by Crippen LogP contribution is -2.46. The Balaban J connectivity index is 1.97. The van der Waals surface area contributed by atoms with E-state index in [0.29, 0.717) is 13.1 Å². The van der Waals surface area contributed by atoms with Gasteiger partial charge in [-0.3, -0.25) is 19.9 Å². The van der Waals surface area contributed by atoms with Gasteiger partial charge in [0.05, 0.1) is 18.6 Å². The van der Waals surface area contributed by atoms with Crippen molar-refractivity contribution >= 4 is 5.69 Å². The van der Waals surface area contributed by atoms with E-state index in [0.717, 1.165) is 31.7 Å². The van der Waals surface area contributed by atoms with Gasteiger partial charge in [-0.25, -0.2) is 0 Å². The molecule has 0 aliphatic carbocycles. The second-order valence-corrected chi connectivity index (χ2v) is 5.10. The Morgan fingerprint density at radius 3 is 2.52 bits per heavy atom. The molecule has 0 atom stereocenters. The molecule has 116 valence electrons. The zero-order valence-electron chi connectivity index (χ0n) is 12.2. The number of piperazine rings is 1. The molecular weight excluding hydrogens is 274 g/mol. The van der Waals surface area contributed by atoms with E-state index >= 15 is 0 Å². The summed E-state index contributed by atoms with van der Waals surface area (Å²) >= 11 is 0. The van der Waals surface area contributed by atoms with Crippen LogP contribution >= 0.6 is 0 Å². The third-order valence-electron chi connectivity index (χ3n) is 3.73. The van der Waals surface area contributed by atoms with Crippen LogP contribution in [0.3, 0.4) is 0 Å². The minimum Gasteiger partial charge on any atom is -0.490 e. The molecule has 1 aliphatic rings. The summed E-state index contributed by atoms with van der Waals surface area (Å²) in [5.74, 6) is 0.288. The van der Waals surface area contributed by atoms with E-state index in [1.54, 1.807) is 12.1 Å². The maximum absolute atomic E-state index is 11.0. The largest absolute Gasteiger partial charge is 0.490 e. The molecule has 1 heterocycles. The van der Waals surface area contributed by atoms with Gasteiger partial charge in [0.25, 0.3) is 0 Å². The van der Waals surface area contributed by atoms with E-state index in [2.05, 4.69) is 9.80 Å². The lowest BCUT2D eigenvalue weighted by molar-refractivity contribution is -0.385. The van der Waals surface area contributed by atoms with Crippen molar-refractivity contribution in [2.45, 2.75) is 6.54 Å². The van der Waals surface area contributed by atoms with E-state index in [1.807, 2.05) is 6.07 Å². The second kappa shape index (κ2) is 7.35. The molecule has 0 bridgehead atoms. The summed E-state index contributed by atoms with van der Waals surface area (Å²) in [5.41, 5.74) is 0.923. The Bertz CT molecular complexity index is 487. The average molecular weight is 295 g/mol. The number of ether oxygens (including phenoxy) is 1. The zero-order chi connectivity index (χ0) is 15.2. The first-order chi connectivity index (χ1) is 10.1. The Hall–Kier alpha value is -1.70. The number of hydrogen-bond donors (Lipinski definition) is 1. The fraction of sp³-hybridized carbons (Fsp3) is 0.571. The molecule has 0 aromatic heterocycles. The molecule has 0 unspecified atom stereocenters. The Labute approximate surface area is 123 Å². The number of rotatable bonds is 6. The van der Waals surface area contributed by atoms with E-state index < -0.39 is 4.92 Å². The SMILES string of the molecule is COc1ccc(CN2CCN(CCO)CC2)cc1[N+](=O)[O-]. The molecule has 1 fully saturated rings. The van der Waals surface area contributed by atoms with Crippen LogP contribution in [0.1, 0.15) is 5.56 Å². The van der Waals surface area contributed by atoms with Gasteiger partial charge in [-0.2, -0.15) is 0 Å². The van der Waals surface area contributed by atoms with Gasteiger partial charge in [-0.15, -0.1) is 0 Å². The van der Waals surface area contributed by atoms with Crippen LogP contribution < -0.4 is 4.74 Å². The highest BCUT2D eigenvalue weighted by Crippen LogP contribution is 2.28. The lowest BCUT2D eigenvalue weighted by atomic mass is 10.1. The van der Waals surface area contributed by atoms with Gasteiger partial charge in [0.1, 0.15) is 0 Å². The molecule has 1 saturated heterocycles. The summed E-state index contributed by atoms with van der Waals surface area (Å²) in [6.07, 6.45) is 0. The molecule has 7 heteroatoms. The predicted octanol–water partition coefficient (Wildman–Crippen LogP) is 0.713. The highest BCUT2D eigenvalue weighted by atomic mass is 16.6. The molecule has 1 aromatic rings. The van der Waals surface area contributed by atoms with Crippen molar-refractivity contribution in [1.82, 2.24) is 9.80 Å². The standard InChI is InChI=1S/C14H21N3O4/c1-21-14-3-2-12(10-13(14)17(19)20)11-16-6-4-15(5-7-16)8-9-18/h2-3,10,18H,4-9,11H2,1H3. The fourth-order valence-corrected chi connectivity index (χ4v) is 2.55. The Kier molecular flexibility index (Phi) is 5.49. The number of β-amino-alcohol motifs (C(OH)–C–C–N with tert-alkyl or cyclic N) is 1. The summed E-state index contributed by atoms with van der Waals surface area (Å²) in [5, 5.41) is 19.9. The van der Waals surface area contributed by atoms with Gasteiger partial charge in [-0.05, 0) is 11.6 Å². The minimum atomic E-state index is -0.415. The van der Waals surface area contributed by atoms with E-state index in [9.17, 15) is 10.1 Å². The number of aliphatic hydroxyl groups excluding tert-OH is 1. The Morgan fingerprint density at radius 2 is 1.95 bits per heavy atom. The van der Waals surface area contributed by atoms with E-state index in [-0.39, 0.29) is 18.0 Å². The van der Waals surface area contributed by atoms with Crippen LogP contribution in [0.25, 0.3) is 0 Å². The maximum Gasteiger partial charge on any atom is 0.311 e. The molecule has 0 amide bonds. The number of hydrogen-bond acceptors (Lipinski definition) is 6. The quantitative estimate of drug-likeness (QED) is 0.615. The number of methoxy groups -OCH3 is 1. The summed E-state index contributed by atoms with van der Waals surface area (Å²) in [4.78, 5) is 15.1. The van der Waals surface area contributed by atoms with Crippen molar-refractivity contribution in [3.8, 4) is 5.75 Å². The van der Waals surface area contributed by atoms with Crippen LogP contribution in [-0.4, -0.2) is 66.3 Å². The van der Waals surface area contributed by atoms with Gasteiger partial charge in [0.15, 0.2) is 5.75 Å². The summed E-state index contributed by atoms with van der Waals surface area (Å²) in [6, 6.07) is 5.10. The van der Waals surface area contributed by atoms with Crippen molar-refractivity contribution in [1.29, 1.82) is 0 Å². The maximum atomic E-state index is 11.0. The van der Waals surface area contributed by atoms with Gasteiger partial charge < -0.3 is 9.84 Å². The van der Waals surface area contributed by atoms with E-state index in [1.165, 1.54) is 7.11 Å². The molecule has 21 heavy (non-hydrogen) atoms. The van der Waals surface area contributed by atoms with Gasteiger partial charge in [0.2, 0.25) is 0 Å². The van der Waals surface area contributed by atoms with Crippen molar-refractivity contribution in [3.05, 3.63) is 33.9 Å². The first kappa shape index (κ1) is 15.7. The molecule has 1 aromatic carbocycles. The number of aliphatic hydroxyl groups is 1. The number of nitro benzene ring substituents is 1. The Morgan fingerprint density at radius 1 is 1.29 bits per heavy atom. The lowest BCUT2D eigenvalue weighted by Gasteiger charge is -2.34. The molecule has 1 aliphatic heterocycles. The first-order valence-electron chi connectivity index (χ1n) is 7.01. The molecule has 2 rings (SSSR count). The fourth-order valence-electron chi connectivity index (χ4n) is 2.55. The van der Waals surface area contributed by atoms with Gasteiger partial charge >= 0.3 is 5.69 Å². The van der Waals surface area contributed by atoms with Crippen molar-refractivity contribution in [2.24, 2.45) is 0 Å². The minimum absolute atomic E-state index is 0.00826. The molecule has 0 radical (unpaired) electrons. The van der Waals surface area contributed by atoms with Gasteiger partial charge in [-0.1, -0.05) is 6.07 Å². The zero-order valence-corrected chi connectivity index (χ0v) is 12.2. The summed E-state index contributed by atoms with van der Waals surface area (Å²) < 4.78 is 5.01. The number of benzene rings is 1. The molecular formula is C14H21N3O4. The number of nitrogens with zero attached hydrogens (tertiary/aromatic N) is 3. The van der Waals surface area contributed by atoms with E-state index in [4.69, 9.17) is 9.84 Å². The van der Waals surface area contributed by atoms with Crippen molar-refractivity contribution < 1.29 is 14.8 Å². The number of nitro groups is 1. The van der Waals surface area contributed by atoms with Crippen LogP contribution in [0.15, 0.2) is 18.2 Å². The van der Waals surface area contributed by atoms with Gasteiger partial charge in [0, 0.05) is 45.3 Å². The van der Waals surface area contributed by atoms with Crippen LogP contribution in [-0.2, 0) is 6.54 Å². The normalized spacial score (nSPS) is 16.9. The molecule has 0 saturated carbocycles. The first-order valence-corrected chi connectivity index (χ1v) is 7.01. The summed E-state index contributed by atoms with van der Waals surface area (Å²) in [7, 11) is 1.43.